The van der Waals surface area contributed by atoms with E-state index in [2.05, 4.69) is 61.5 Å². The molecule has 0 atom stereocenters. The van der Waals surface area contributed by atoms with E-state index in [0.717, 1.165) is 18.5 Å². The Balaban J connectivity index is 0.00000120. The highest BCUT2D eigenvalue weighted by Crippen LogP contribution is 2.45. The molecule has 2 aromatic rings. The summed E-state index contributed by atoms with van der Waals surface area (Å²) in [6.45, 7) is 4.51. The number of hydrogen-bond donors (Lipinski definition) is 0. The second-order valence-electron chi connectivity index (χ2n) is 4.80. The van der Waals surface area contributed by atoms with Gasteiger partial charge in [0.05, 0.1) is 5.69 Å². The molecule has 0 fully saturated rings. The van der Waals surface area contributed by atoms with Crippen molar-refractivity contribution in [2.45, 2.75) is 32.1 Å². The van der Waals surface area contributed by atoms with Gasteiger partial charge in [-0.05, 0) is 35.2 Å². The molecule has 0 N–H and O–H groups in total. The highest BCUT2D eigenvalue weighted by Gasteiger charge is 2.34. The Bertz CT molecular complexity index is 597. The van der Waals surface area contributed by atoms with Gasteiger partial charge < -0.3 is 0 Å². The zero-order valence-corrected chi connectivity index (χ0v) is 11.6. The van der Waals surface area contributed by atoms with Crippen LogP contribution in [0.15, 0.2) is 41.4 Å². The zero-order valence-electron chi connectivity index (χ0n) is 10.8. The van der Waals surface area contributed by atoms with Gasteiger partial charge in [-0.2, -0.15) is 0 Å². The van der Waals surface area contributed by atoms with Crippen molar-refractivity contribution in [3.8, 4) is 0 Å². The number of halogens is 1. The van der Waals surface area contributed by atoms with Crippen LogP contribution in [0.2, 0.25) is 0 Å². The lowest BCUT2D eigenvalue weighted by molar-refractivity contribution is 0.559. The normalized spacial score (nSPS) is 15.4. The fourth-order valence-electron chi connectivity index (χ4n) is 2.93. The van der Waals surface area contributed by atoms with E-state index >= 15 is 0 Å². The summed E-state index contributed by atoms with van der Waals surface area (Å²) >= 11 is 0. The maximum Gasteiger partial charge on any atom is 0.0673 e. The highest BCUT2D eigenvalue weighted by molar-refractivity contribution is 5.98. The fraction of sp³-hybridized carbons (Fsp3) is 0.312. The molecule has 0 saturated heterocycles. The van der Waals surface area contributed by atoms with Gasteiger partial charge in [0, 0.05) is 11.6 Å². The van der Waals surface area contributed by atoms with Crippen LogP contribution in [0.4, 0.5) is 5.69 Å². The summed E-state index contributed by atoms with van der Waals surface area (Å²) in [6, 6.07) is 13.0. The summed E-state index contributed by atoms with van der Waals surface area (Å²) in [5.74, 6) is 0. The van der Waals surface area contributed by atoms with Crippen LogP contribution in [0.1, 0.15) is 32.3 Å². The summed E-state index contributed by atoms with van der Waals surface area (Å²) < 4.78 is 0. The van der Waals surface area contributed by atoms with E-state index in [0.29, 0.717) is 0 Å². The third-order valence-corrected chi connectivity index (χ3v) is 4.12. The maximum absolute atomic E-state index is 4.62. The van der Waals surface area contributed by atoms with Crippen LogP contribution < -0.4 is 0 Å². The van der Waals surface area contributed by atoms with Crippen LogP contribution in [-0.2, 0) is 5.41 Å². The van der Waals surface area contributed by atoms with E-state index in [9.17, 15) is 0 Å². The summed E-state index contributed by atoms with van der Waals surface area (Å²) in [4.78, 5) is 4.62. The predicted octanol–water partition coefficient (Wildman–Crippen LogP) is 5.04. The quantitative estimate of drug-likeness (QED) is 0.717. The average Bonchev–Trinajstić information content (AvgIpc) is 2.78. The van der Waals surface area contributed by atoms with E-state index in [1.807, 2.05) is 0 Å². The fourth-order valence-corrected chi connectivity index (χ4v) is 2.93. The third-order valence-electron chi connectivity index (χ3n) is 4.12. The van der Waals surface area contributed by atoms with E-state index in [4.69, 9.17) is 0 Å². The van der Waals surface area contributed by atoms with Crippen molar-refractivity contribution in [2.75, 3.05) is 0 Å². The molecule has 1 heterocycles. The molecule has 2 heteroatoms. The Kier molecular flexibility index (Phi) is 3.45. The second-order valence-corrected chi connectivity index (χ2v) is 4.80. The lowest BCUT2D eigenvalue weighted by atomic mass is 9.76. The van der Waals surface area contributed by atoms with E-state index in [1.165, 1.54) is 16.3 Å². The largest absolute Gasteiger partial charge is 0.260 e. The standard InChI is InChI=1S/C16H17N.ClH/c1-3-16(4-2)11-17-14-10-9-12-7-5-6-8-13(12)15(14)16;/h5-11H,3-4H2,1-2H3;1H. The van der Waals surface area contributed by atoms with Crippen LogP contribution in [0.25, 0.3) is 10.8 Å². The molecule has 1 aliphatic rings. The molecular weight excluding hydrogens is 242 g/mol. The molecule has 3 rings (SSSR count). The zero-order chi connectivity index (χ0) is 11.9. The van der Waals surface area contributed by atoms with Crippen molar-refractivity contribution in [3.63, 3.8) is 0 Å². The van der Waals surface area contributed by atoms with Crippen molar-refractivity contribution in [1.82, 2.24) is 0 Å². The van der Waals surface area contributed by atoms with Crippen molar-refractivity contribution in [3.05, 3.63) is 42.0 Å². The topological polar surface area (TPSA) is 12.4 Å². The summed E-state index contributed by atoms with van der Waals surface area (Å²) in [5.41, 5.74) is 2.74. The van der Waals surface area contributed by atoms with E-state index in [1.54, 1.807) is 0 Å². The van der Waals surface area contributed by atoms with Crippen molar-refractivity contribution in [1.29, 1.82) is 0 Å². The summed E-state index contributed by atoms with van der Waals surface area (Å²) in [6.07, 6.45) is 4.39. The van der Waals surface area contributed by atoms with Gasteiger partial charge in [0.1, 0.15) is 0 Å². The molecule has 18 heavy (non-hydrogen) atoms. The molecule has 0 aliphatic carbocycles. The van der Waals surface area contributed by atoms with Gasteiger partial charge in [0.15, 0.2) is 0 Å². The van der Waals surface area contributed by atoms with Crippen LogP contribution in [-0.4, -0.2) is 6.21 Å². The van der Waals surface area contributed by atoms with Gasteiger partial charge in [-0.15, -0.1) is 12.4 Å². The Morgan fingerprint density at radius 3 is 2.44 bits per heavy atom. The van der Waals surface area contributed by atoms with Gasteiger partial charge in [0.25, 0.3) is 0 Å². The maximum atomic E-state index is 4.62. The van der Waals surface area contributed by atoms with Crippen molar-refractivity contribution in [2.24, 2.45) is 4.99 Å². The van der Waals surface area contributed by atoms with Crippen LogP contribution in [0.5, 0.6) is 0 Å². The first-order chi connectivity index (χ1) is 8.30. The molecule has 0 spiro atoms. The van der Waals surface area contributed by atoms with Crippen LogP contribution in [0.3, 0.4) is 0 Å². The molecule has 1 aliphatic heterocycles. The Labute approximate surface area is 114 Å². The molecule has 94 valence electrons. The first-order valence-electron chi connectivity index (χ1n) is 6.38. The van der Waals surface area contributed by atoms with Gasteiger partial charge in [-0.1, -0.05) is 44.2 Å². The highest BCUT2D eigenvalue weighted by atomic mass is 35.5. The van der Waals surface area contributed by atoms with Crippen LogP contribution in [0, 0.1) is 0 Å². The number of nitrogens with zero attached hydrogens (tertiary/aromatic N) is 1. The van der Waals surface area contributed by atoms with Crippen molar-refractivity contribution >= 4 is 35.1 Å². The third kappa shape index (κ3) is 1.65. The summed E-state index contributed by atoms with van der Waals surface area (Å²) in [7, 11) is 0. The lowest BCUT2D eigenvalue weighted by Crippen LogP contribution is -2.23. The lowest BCUT2D eigenvalue weighted by Gasteiger charge is -2.25. The average molecular weight is 260 g/mol. The Morgan fingerprint density at radius 1 is 1.00 bits per heavy atom. The molecule has 0 bridgehead atoms. The molecule has 0 aromatic heterocycles. The molecule has 0 radical (unpaired) electrons. The van der Waals surface area contributed by atoms with Gasteiger partial charge in [0.2, 0.25) is 0 Å². The molecule has 1 nitrogen and oxygen atoms in total. The minimum absolute atomic E-state index is 0. The Morgan fingerprint density at radius 2 is 1.72 bits per heavy atom. The van der Waals surface area contributed by atoms with E-state index in [-0.39, 0.29) is 17.8 Å². The van der Waals surface area contributed by atoms with Gasteiger partial charge in [-0.25, -0.2) is 0 Å². The molecule has 2 aromatic carbocycles. The molecule has 0 amide bonds. The van der Waals surface area contributed by atoms with Crippen LogP contribution >= 0.6 is 12.4 Å². The monoisotopic (exact) mass is 259 g/mol. The molecule has 0 saturated carbocycles. The first-order valence-corrected chi connectivity index (χ1v) is 6.38. The first kappa shape index (κ1) is 13.1. The van der Waals surface area contributed by atoms with Gasteiger partial charge in [-0.3, -0.25) is 4.99 Å². The van der Waals surface area contributed by atoms with E-state index < -0.39 is 0 Å². The molecular formula is C16H18ClN. The minimum atomic E-state index is 0. The minimum Gasteiger partial charge on any atom is -0.260 e. The smallest absolute Gasteiger partial charge is 0.0673 e. The number of hydrogen-bond acceptors (Lipinski definition) is 1. The Hall–Kier alpha value is -1.34. The number of aliphatic imine (C=N–C) groups is 1. The molecule has 0 unspecified atom stereocenters. The van der Waals surface area contributed by atoms with Gasteiger partial charge >= 0.3 is 0 Å². The number of rotatable bonds is 2. The number of fused-ring (bicyclic) bond motifs is 3. The predicted molar refractivity (Wildman–Crippen MR) is 81.6 cm³/mol. The summed E-state index contributed by atoms with van der Waals surface area (Å²) in [5, 5.41) is 2.69. The SMILES string of the molecule is CCC1(CC)C=Nc2ccc3ccccc3c21.Cl. The number of benzene rings is 2. The second kappa shape index (κ2) is 4.74. The van der Waals surface area contributed by atoms with Crippen molar-refractivity contribution < 1.29 is 0 Å².